The van der Waals surface area contributed by atoms with Gasteiger partial charge < -0.3 is 9.47 Å². The molecule has 72 valence electrons. The van der Waals surface area contributed by atoms with Crippen molar-refractivity contribution in [2.75, 3.05) is 20.5 Å². The standard InChI is InChI=1S/C10H20O2/c1-3-4-5-6-7-8-9-12-10-11-2/h7-8H,3-6,9-10H2,1-2H3/b8-7-. The first-order valence-electron chi connectivity index (χ1n) is 4.63. The summed E-state index contributed by atoms with van der Waals surface area (Å²) in [6.45, 7) is 3.27. The van der Waals surface area contributed by atoms with E-state index < -0.39 is 0 Å². The maximum atomic E-state index is 5.08. The molecule has 0 rings (SSSR count). The molecule has 0 spiro atoms. The van der Waals surface area contributed by atoms with Crippen LogP contribution in [0, 0.1) is 0 Å². The van der Waals surface area contributed by atoms with Crippen molar-refractivity contribution >= 4 is 0 Å². The first-order valence-corrected chi connectivity index (χ1v) is 4.63. The fourth-order valence-electron chi connectivity index (χ4n) is 0.898. The second-order valence-electron chi connectivity index (χ2n) is 2.74. The van der Waals surface area contributed by atoms with Gasteiger partial charge in [0.2, 0.25) is 0 Å². The number of methoxy groups -OCH3 is 1. The zero-order valence-corrected chi connectivity index (χ0v) is 8.21. The van der Waals surface area contributed by atoms with Gasteiger partial charge in [-0.15, -0.1) is 0 Å². The van der Waals surface area contributed by atoms with Gasteiger partial charge in [-0.25, -0.2) is 0 Å². The Morgan fingerprint density at radius 2 is 2.00 bits per heavy atom. The van der Waals surface area contributed by atoms with E-state index in [-0.39, 0.29) is 0 Å². The van der Waals surface area contributed by atoms with Gasteiger partial charge in [-0.05, 0) is 12.8 Å². The molecule has 0 bridgehead atoms. The number of rotatable bonds is 8. The van der Waals surface area contributed by atoms with Gasteiger partial charge in [0.1, 0.15) is 6.79 Å². The second-order valence-corrected chi connectivity index (χ2v) is 2.74. The van der Waals surface area contributed by atoms with Crippen LogP contribution in [-0.4, -0.2) is 20.5 Å². The molecule has 0 saturated carbocycles. The molecule has 0 atom stereocenters. The number of allylic oxidation sites excluding steroid dienone is 1. The molecule has 0 saturated heterocycles. The zero-order valence-electron chi connectivity index (χ0n) is 8.21. The van der Waals surface area contributed by atoms with E-state index in [1.54, 1.807) is 7.11 Å². The summed E-state index contributed by atoms with van der Waals surface area (Å²) in [7, 11) is 1.63. The third kappa shape index (κ3) is 9.66. The predicted molar refractivity (Wildman–Crippen MR) is 51.1 cm³/mol. The van der Waals surface area contributed by atoms with Gasteiger partial charge in [-0.1, -0.05) is 31.9 Å². The van der Waals surface area contributed by atoms with Crippen molar-refractivity contribution in [1.29, 1.82) is 0 Å². The van der Waals surface area contributed by atoms with Crippen molar-refractivity contribution in [2.24, 2.45) is 0 Å². The van der Waals surface area contributed by atoms with Gasteiger partial charge in [0.25, 0.3) is 0 Å². The lowest BCUT2D eigenvalue weighted by molar-refractivity contribution is -0.0186. The summed E-state index contributed by atoms with van der Waals surface area (Å²) in [5, 5.41) is 0. The SMILES string of the molecule is CCCCC/C=C\COCOC. The molecule has 0 fully saturated rings. The Morgan fingerprint density at radius 3 is 2.67 bits per heavy atom. The Kier molecular flexibility index (Phi) is 10.4. The van der Waals surface area contributed by atoms with Crippen LogP contribution in [0.3, 0.4) is 0 Å². The number of hydrogen-bond acceptors (Lipinski definition) is 2. The number of unbranched alkanes of at least 4 members (excludes halogenated alkanes) is 3. The lowest BCUT2D eigenvalue weighted by Crippen LogP contribution is -1.95. The quantitative estimate of drug-likeness (QED) is 0.318. The average Bonchev–Trinajstić information content (AvgIpc) is 2.10. The van der Waals surface area contributed by atoms with E-state index in [0.29, 0.717) is 13.4 Å². The van der Waals surface area contributed by atoms with E-state index in [9.17, 15) is 0 Å². The number of hydrogen-bond donors (Lipinski definition) is 0. The Balaban J connectivity index is 2.93. The maximum absolute atomic E-state index is 5.08. The van der Waals surface area contributed by atoms with Gasteiger partial charge in [0, 0.05) is 7.11 Å². The van der Waals surface area contributed by atoms with E-state index in [1.165, 1.54) is 25.7 Å². The summed E-state index contributed by atoms with van der Waals surface area (Å²) in [6.07, 6.45) is 9.29. The first kappa shape index (κ1) is 11.7. The molecule has 12 heavy (non-hydrogen) atoms. The second kappa shape index (κ2) is 10.7. The fourth-order valence-corrected chi connectivity index (χ4v) is 0.898. The van der Waals surface area contributed by atoms with Crippen LogP contribution in [-0.2, 0) is 9.47 Å². The monoisotopic (exact) mass is 172 g/mol. The molecular formula is C10H20O2. The summed E-state index contributed by atoms with van der Waals surface area (Å²) < 4.78 is 9.81. The van der Waals surface area contributed by atoms with Crippen LogP contribution < -0.4 is 0 Å². The predicted octanol–water partition coefficient (Wildman–Crippen LogP) is 2.74. The summed E-state index contributed by atoms with van der Waals surface area (Å²) in [5.74, 6) is 0. The largest absolute Gasteiger partial charge is 0.359 e. The van der Waals surface area contributed by atoms with Crippen LogP contribution in [0.1, 0.15) is 32.6 Å². The van der Waals surface area contributed by atoms with Gasteiger partial charge >= 0.3 is 0 Å². The summed E-state index contributed by atoms with van der Waals surface area (Å²) in [6, 6.07) is 0. The topological polar surface area (TPSA) is 18.5 Å². The van der Waals surface area contributed by atoms with Crippen molar-refractivity contribution in [3.8, 4) is 0 Å². The molecule has 0 aromatic rings. The molecule has 0 aliphatic heterocycles. The zero-order chi connectivity index (χ0) is 9.07. The van der Waals surface area contributed by atoms with E-state index >= 15 is 0 Å². The lowest BCUT2D eigenvalue weighted by atomic mass is 10.2. The first-order chi connectivity index (χ1) is 5.91. The van der Waals surface area contributed by atoms with Crippen molar-refractivity contribution in [1.82, 2.24) is 0 Å². The Labute approximate surface area is 75.6 Å². The highest BCUT2D eigenvalue weighted by Crippen LogP contribution is 1.99. The van der Waals surface area contributed by atoms with Crippen molar-refractivity contribution in [2.45, 2.75) is 32.6 Å². The third-order valence-corrected chi connectivity index (χ3v) is 1.56. The van der Waals surface area contributed by atoms with Crippen LogP contribution in [0.2, 0.25) is 0 Å². The minimum absolute atomic E-state index is 0.388. The third-order valence-electron chi connectivity index (χ3n) is 1.56. The van der Waals surface area contributed by atoms with Gasteiger partial charge in [-0.2, -0.15) is 0 Å². The highest BCUT2D eigenvalue weighted by molar-refractivity contribution is 4.80. The minimum Gasteiger partial charge on any atom is -0.359 e. The summed E-state index contributed by atoms with van der Waals surface area (Å²) in [5.41, 5.74) is 0. The molecule has 2 nitrogen and oxygen atoms in total. The Bertz CT molecular complexity index is 88.0. The number of ether oxygens (including phenoxy) is 2. The molecule has 0 amide bonds. The van der Waals surface area contributed by atoms with Crippen LogP contribution in [0.25, 0.3) is 0 Å². The highest BCUT2D eigenvalue weighted by Gasteiger charge is 1.82. The average molecular weight is 172 g/mol. The van der Waals surface area contributed by atoms with Crippen molar-refractivity contribution in [3.63, 3.8) is 0 Å². The summed E-state index contributed by atoms with van der Waals surface area (Å²) in [4.78, 5) is 0. The maximum Gasteiger partial charge on any atom is 0.146 e. The summed E-state index contributed by atoms with van der Waals surface area (Å²) >= 11 is 0. The lowest BCUT2D eigenvalue weighted by Gasteiger charge is -1.96. The fraction of sp³-hybridized carbons (Fsp3) is 0.800. The van der Waals surface area contributed by atoms with Crippen molar-refractivity contribution in [3.05, 3.63) is 12.2 Å². The minimum atomic E-state index is 0.388. The van der Waals surface area contributed by atoms with Gasteiger partial charge in [0.05, 0.1) is 6.61 Å². The van der Waals surface area contributed by atoms with E-state index in [2.05, 4.69) is 19.1 Å². The van der Waals surface area contributed by atoms with Crippen LogP contribution in [0.4, 0.5) is 0 Å². The van der Waals surface area contributed by atoms with E-state index in [4.69, 9.17) is 9.47 Å². The highest BCUT2D eigenvalue weighted by atomic mass is 16.7. The van der Waals surface area contributed by atoms with Crippen molar-refractivity contribution < 1.29 is 9.47 Å². The van der Waals surface area contributed by atoms with Gasteiger partial charge in [0.15, 0.2) is 0 Å². The molecule has 0 aromatic carbocycles. The molecule has 0 aliphatic rings. The molecule has 0 radical (unpaired) electrons. The van der Waals surface area contributed by atoms with Crippen LogP contribution in [0.15, 0.2) is 12.2 Å². The molecular weight excluding hydrogens is 152 g/mol. The molecule has 0 aromatic heterocycles. The normalized spacial score (nSPS) is 11.2. The molecule has 0 aliphatic carbocycles. The molecule has 0 heterocycles. The Morgan fingerprint density at radius 1 is 1.17 bits per heavy atom. The van der Waals surface area contributed by atoms with E-state index in [1.807, 2.05) is 0 Å². The smallest absolute Gasteiger partial charge is 0.146 e. The molecule has 0 unspecified atom stereocenters. The molecule has 2 heteroatoms. The van der Waals surface area contributed by atoms with Crippen LogP contribution in [0.5, 0.6) is 0 Å². The van der Waals surface area contributed by atoms with Crippen LogP contribution >= 0.6 is 0 Å². The molecule has 0 N–H and O–H groups in total. The Hall–Kier alpha value is -0.340. The van der Waals surface area contributed by atoms with E-state index in [0.717, 1.165) is 0 Å². The van der Waals surface area contributed by atoms with Gasteiger partial charge in [-0.3, -0.25) is 0 Å².